The zero-order valence-electron chi connectivity index (χ0n) is 12.5. The van der Waals surface area contributed by atoms with Crippen molar-refractivity contribution in [2.45, 2.75) is 25.5 Å². The highest BCUT2D eigenvalue weighted by atomic mass is 16.5. The number of fused-ring (bicyclic) bond motifs is 1. The van der Waals surface area contributed by atoms with Crippen molar-refractivity contribution in [3.63, 3.8) is 0 Å². The summed E-state index contributed by atoms with van der Waals surface area (Å²) in [5, 5.41) is 3.23. The van der Waals surface area contributed by atoms with Gasteiger partial charge in [0.1, 0.15) is 24.2 Å². The van der Waals surface area contributed by atoms with E-state index in [-0.39, 0.29) is 6.10 Å². The van der Waals surface area contributed by atoms with Crippen molar-refractivity contribution in [2.75, 3.05) is 13.7 Å². The van der Waals surface area contributed by atoms with Crippen molar-refractivity contribution >= 4 is 0 Å². The van der Waals surface area contributed by atoms with Gasteiger partial charge in [-0.05, 0) is 43.3 Å². The predicted molar refractivity (Wildman–Crippen MR) is 84.0 cm³/mol. The molecule has 1 aliphatic rings. The second-order valence-corrected chi connectivity index (χ2v) is 5.44. The number of rotatable bonds is 5. The van der Waals surface area contributed by atoms with E-state index in [4.69, 9.17) is 9.47 Å². The highest BCUT2D eigenvalue weighted by Crippen LogP contribution is 2.28. The molecule has 0 aromatic heterocycles. The van der Waals surface area contributed by atoms with Crippen molar-refractivity contribution in [2.24, 2.45) is 0 Å². The van der Waals surface area contributed by atoms with Crippen LogP contribution in [0.2, 0.25) is 0 Å². The Morgan fingerprint density at radius 1 is 1.19 bits per heavy atom. The summed E-state index contributed by atoms with van der Waals surface area (Å²) >= 11 is 0. The van der Waals surface area contributed by atoms with E-state index < -0.39 is 0 Å². The minimum Gasteiger partial charge on any atom is -0.490 e. The van der Waals surface area contributed by atoms with Crippen molar-refractivity contribution in [1.29, 1.82) is 0 Å². The zero-order valence-corrected chi connectivity index (χ0v) is 12.5. The predicted octanol–water partition coefficient (Wildman–Crippen LogP) is 3.35. The molecule has 110 valence electrons. The van der Waals surface area contributed by atoms with E-state index in [9.17, 15) is 0 Å². The molecule has 2 aromatic rings. The Kier molecular flexibility index (Phi) is 4.11. The molecule has 0 aliphatic carbocycles. The lowest BCUT2D eigenvalue weighted by Crippen LogP contribution is -2.22. The fourth-order valence-electron chi connectivity index (χ4n) is 2.56. The van der Waals surface area contributed by atoms with Crippen LogP contribution in [0.3, 0.4) is 0 Å². The lowest BCUT2D eigenvalue weighted by molar-refractivity contribution is 0.148. The molecule has 21 heavy (non-hydrogen) atoms. The summed E-state index contributed by atoms with van der Waals surface area (Å²) in [7, 11) is 1.96. The first-order valence-corrected chi connectivity index (χ1v) is 7.41. The number of hydrogen-bond acceptors (Lipinski definition) is 3. The number of hydrogen-bond donors (Lipinski definition) is 1. The van der Waals surface area contributed by atoms with Gasteiger partial charge < -0.3 is 14.8 Å². The number of para-hydroxylation sites is 1. The second kappa shape index (κ2) is 6.19. The monoisotopic (exact) mass is 283 g/mol. The molecule has 2 atom stereocenters. The van der Waals surface area contributed by atoms with Gasteiger partial charge in [-0.25, -0.2) is 0 Å². The molecule has 1 aliphatic heterocycles. The standard InChI is InChI=1S/C18H21NO2/c1-13(19-2)14-7-9-16(10-8-14)20-12-17-11-15-5-3-4-6-18(15)21-17/h3-10,13,17,19H,11-12H2,1-2H3. The van der Waals surface area contributed by atoms with Crippen molar-refractivity contribution in [1.82, 2.24) is 5.32 Å². The third kappa shape index (κ3) is 3.19. The van der Waals surface area contributed by atoms with E-state index >= 15 is 0 Å². The second-order valence-electron chi connectivity index (χ2n) is 5.44. The van der Waals surface area contributed by atoms with Crippen molar-refractivity contribution in [3.05, 3.63) is 59.7 Å². The molecule has 3 heteroatoms. The van der Waals surface area contributed by atoms with Crippen LogP contribution in [0.1, 0.15) is 24.1 Å². The van der Waals surface area contributed by atoms with Crippen LogP contribution >= 0.6 is 0 Å². The van der Waals surface area contributed by atoms with Gasteiger partial charge in [-0.15, -0.1) is 0 Å². The molecular weight excluding hydrogens is 262 g/mol. The molecule has 0 saturated heterocycles. The summed E-state index contributed by atoms with van der Waals surface area (Å²) in [5.74, 6) is 1.88. The normalized spacial score (nSPS) is 17.9. The Morgan fingerprint density at radius 3 is 2.67 bits per heavy atom. The number of nitrogens with one attached hydrogen (secondary N) is 1. The van der Waals surface area contributed by atoms with Crippen LogP contribution in [0.15, 0.2) is 48.5 Å². The summed E-state index contributed by atoms with van der Waals surface area (Å²) in [6.45, 7) is 2.72. The SMILES string of the molecule is CNC(C)c1ccc(OCC2Cc3ccccc3O2)cc1. The molecule has 0 amide bonds. The highest BCUT2D eigenvalue weighted by Gasteiger charge is 2.22. The van der Waals surface area contributed by atoms with Crippen LogP contribution in [0.4, 0.5) is 0 Å². The van der Waals surface area contributed by atoms with E-state index in [0.717, 1.165) is 17.9 Å². The molecule has 0 saturated carbocycles. The summed E-state index contributed by atoms with van der Waals surface area (Å²) in [4.78, 5) is 0. The van der Waals surface area contributed by atoms with Crippen molar-refractivity contribution < 1.29 is 9.47 Å². The fraction of sp³-hybridized carbons (Fsp3) is 0.333. The van der Waals surface area contributed by atoms with E-state index in [1.165, 1.54) is 11.1 Å². The Hall–Kier alpha value is -2.00. The largest absolute Gasteiger partial charge is 0.490 e. The van der Waals surface area contributed by atoms with Crippen LogP contribution in [-0.2, 0) is 6.42 Å². The molecule has 0 radical (unpaired) electrons. The maximum Gasteiger partial charge on any atom is 0.137 e. The smallest absolute Gasteiger partial charge is 0.137 e. The van der Waals surface area contributed by atoms with E-state index in [1.807, 2.05) is 37.4 Å². The van der Waals surface area contributed by atoms with Crippen LogP contribution in [0, 0.1) is 0 Å². The molecule has 1 N–H and O–H groups in total. The lowest BCUT2D eigenvalue weighted by atomic mass is 10.1. The Balaban J connectivity index is 1.55. The maximum absolute atomic E-state index is 5.87. The number of benzene rings is 2. The fourth-order valence-corrected chi connectivity index (χ4v) is 2.56. The van der Waals surface area contributed by atoms with Crippen LogP contribution in [-0.4, -0.2) is 19.8 Å². The minimum absolute atomic E-state index is 0.110. The Labute approximate surface area is 125 Å². The lowest BCUT2D eigenvalue weighted by Gasteiger charge is -2.14. The van der Waals surface area contributed by atoms with Gasteiger partial charge in [-0.2, -0.15) is 0 Å². The Morgan fingerprint density at radius 2 is 1.95 bits per heavy atom. The van der Waals surface area contributed by atoms with Crippen LogP contribution < -0.4 is 14.8 Å². The molecule has 3 nitrogen and oxygen atoms in total. The first kappa shape index (κ1) is 14.0. The minimum atomic E-state index is 0.110. The topological polar surface area (TPSA) is 30.5 Å². The summed E-state index contributed by atoms with van der Waals surface area (Å²) in [6, 6.07) is 16.8. The third-order valence-corrected chi connectivity index (χ3v) is 3.96. The molecule has 3 rings (SSSR count). The third-order valence-electron chi connectivity index (χ3n) is 3.96. The van der Waals surface area contributed by atoms with Crippen molar-refractivity contribution in [3.8, 4) is 11.5 Å². The van der Waals surface area contributed by atoms with Gasteiger partial charge >= 0.3 is 0 Å². The van der Waals surface area contributed by atoms with Crippen LogP contribution in [0.5, 0.6) is 11.5 Å². The van der Waals surface area contributed by atoms with Gasteiger partial charge in [-0.1, -0.05) is 30.3 Å². The van der Waals surface area contributed by atoms with Gasteiger partial charge in [0.2, 0.25) is 0 Å². The van der Waals surface area contributed by atoms with E-state index in [1.54, 1.807) is 0 Å². The first-order valence-electron chi connectivity index (χ1n) is 7.41. The average Bonchev–Trinajstić information content (AvgIpc) is 2.95. The molecule has 0 spiro atoms. The van der Waals surface area contributed by atoms with E-state index in [2.05, 4.69) is 30.4 Å². The zero-order chi connectivity index (χ0) is 14.7. The molecule has 0 bridgehead atoms. The summed E-state index contributed by atoms with van der Waals surface area (Å²) in [5.41, 5.74) is 2.53. The summed E-state index contributed by atoms with van der Waals surface area (Å²) < 4.78 is 11.7. The van der Waals surface area contributed by atoms with Gasteiger partial charge in [0.15, 0.2) is 0 Å². The molecule has 1 heterocycles. The first-order chi connectivity index (χ1) is 10.3. The molecule has 2 unspecified atom stereocenters. The molecular formula is C18H21NO2. The Bertz CT molecular complexity index is 569. The average molecular weight is 283 g/mol. The van der Waals surface area contributed by atoms with E-state index in [0.29, 0.717) is 12.6 Å². The highest BCUT2D eigenvalue weighted by molar-refractivity contribution is 5.37. The molecule has 0 fully saturated rings. The van der Waals surface area contributed by atoms with Gasteiger partial charge in [0.05, 0.1) is 0 Å². The summed E-state index contributed by atoms with van der Waals surface area (Å²) in [6.07, 6.45) is 1.03. The number of ether oxygens (including phenoxy) is 2. The van der Waals surface area contributed by atoms with Gasteiger partial charge in [0, 0.05) is 12.5 Å². The quantitative estimate of drug-likeness (QED) is 0.913. The van der Waals surface area contributed by atoms with Gasteiger partial charge in [-0.3, -0.25) is 0 Å². The molecule has 2 aromatic carbocycles. The van der Waals surface area contributed by atoms with Crippen LogP contribution in [0.25, 0.3) is 0 Å². The van der Waals surface area contributed by atoms with Gasteiger partial charge in [0.25, 0.3) is 0 Å². The maximum atomic E-state index is 5.87.